The number of carbonyl (C=O) groups is 3. The molecule has 0 aromatic heterocycles. The summed E-state index contributed by atoms with van der Waals surface area (Å²) in [7, 11) is 0. The highest BCUT2D eigenvalue weighted by molar-refractivity contribution is 6.08. The maximum atomic E-state index is 13.0. The third-order valence-electron chi connectivity index (χ3n) is 5.44. The number of nitrogens with one attached hydrogen (secondary N) is 2. The first kappa shape index (κ1) is 19.4. The molecule has 7 heteroatoms. The smallest absolute Gasteiger partial charge is 0.318 e. The Balaban J connectivity index is 1.67. The quantitative estimate of drug-likeness (QED) is 0.776. The fourth-order valence-corrected chi connectivity index (χ4v) is 3.87. The van der Waals surface area contributed by atoms with Gasteiger partial charge in [0.2, 0.25) is 0 Å². The Morgan fingerprint density at radius 2 is 1.70 bits per heavy atom. The Morgan fingerprint density at radius 1 is 1.07 bits per heavy atom. The lowest BCUT2D eigenvalue weighted by molar-refractivity contribution is -0.139. The van der Waals surface area contributed by atoms with E-state index in [0.29, 0.717) is 12.0 Å². The molecule has 2 aliphatic rings. The van der Waals surface area contributed by atoms with Crippen molar-refractivity contribution < 1.29 is 14.4 Å². The Kier molecular flexibility index (Phi) is 6.11. The molecule has 2 heterocycles. The zero-order valence-electron chi connectivity index (χ0n) is 15.9. The van der Waals surface area contributed by atoms with Gasteiger partial charge in [-0.1, -0.05) is 56.5 Å². The number of amides is 4. The van der Waals surface area contributed by atoms with Crippen LogP contribution in [0.5, 0.6) is 0 Å². The van der Waals surface area contributed by atoms with Gasteiger partial charge in [-0.15, -0.1) is 0 Å². The molecule has 1 atom stereocenters. The van der Waals surface area contributed by atoms with Crippen LogP contribution in [0.3, 0.4) is 0 Å². The molecule has 0 spiro atoms. The van der Waals surface area contributed by atoms with Crippen molar-refractivity contribution in [2.24, 2.45) is 0 Å². The molecule has 0 unspecified atom stereocenters. The van der Waals surface area contributed by atoms with Gasteiger partial charge in [0.1, 0.15) is 5.54 Å². The molecule has 1 aromatic rings. The minimum absolute atomic E-state index is 0.196. The highest BCUT2D eigenvalue weighted by atomic mass is 16.2. The molecule has 7 nitrogen and oxygen atoms in total. The van der Waals surface area contributed by atoms with Crippen molar-refractivity contribution in [3.05, 3.63) is 35.9 Å². The topological polar surface area (TPSA) is 81.8 Å². The van der Waals surface area contributed by atoms with E-state index in [9.17, 15) is 14.4 Å². The van der Waals surface area contributed by atoms with Gasteiger partial charge in [-0.3, -0.25) is 19.9 Å². The number of urea groups is 1. The summed E-state index contributed by atoms with van der Waals surface area (Å²) in [6.07, 6.45) is 6.16. The zero-order chi connectivity index (χ0) is 19.3. The normalized spacial score (nSPS) is 24.3. The second-order valence-electron chi connectivity index (χ2n) is 7.27. The number of hydrogen-bond donors (Lipinski definition) is 2. The van der Waals surface area contributed by atoms with Crippen LogP contribution in [0, 0.1) is 0 Å². The molecule has 1 aromatic carbocycles. The van der Waals surface area contributed by atoms with E-state index >= 15 is 0 Å². The largest absolute Gasteiger partial charge is 0.344 e. The molecular weight excluding hydrogens is 344 g/mol. The van der Waals surface area contributed by atoms with Gasteiger partial charge < -0.3 is 5.32 Å². The number of nitrogens with zero attached hydrogens (tertiary/aromatic N) is 2. The van der Waals surface area contributed by atoms with Gasteiger partial charge in [-0.25, -0.2) is 4.79 Å². The van der Waals surface area contributed by atoms with Gasteiger partial charge in [0.05, 0.1) is 6.54 Å². The Morgan fingerprint density at radius 3 is 2.33 bits per heavy atom. The van der Waals surface area contributed by atoms with Crippen LogP contribution in [0.1, 0.15) is 51.0 Å². The lowest BCUT2D eigenvalue weighted by Crippen LogP contribution is -2.51. The summed E-state index contributed by atoms with van der Waals surface area (Å²) >= 11 is 0. The fourth-order valence-electron chi connectivity index (χ4n) is 3.87. The highest BCUT2D eigenvalue weighted by Gasteiger charge is 2.52. The van der Waals surface area contributed by atoms with Gasteiger partial charge in [0.15, 0.2) is 0 Å². The maximum Gasteiger partial charge on any atom is 0.344 e. The van der Waals surface area contributed by atoms with Crippen LogP contribution in [-0.4, -0.2) is 47.4 Å². The highest BCUT2D eigenvalue weighted by Crippen LogP contribution is 2.31. The van der Waals surface area contributed by atoms with Gasteiger partial charge in [-0.2, -0.15) is 5.01 Å². The summed E-state index contributed by atoms with van der Waals surface area (Å²) in [6, 6.07) is 8.55. The maximum absolute atomic E-state index is 13.0. The first-order valence-corrected chi connectivity index (χ1v) is 9.81. The predicted octanol–water partition coefficient (Wildman–Crippen LogP) is 2.14. The summed E-state index contributed by atoms with van der Waals surface area (Å²) in [4.78, 5) is 40.0. The summed E-state index contributed by atoms with van der Waals surface area (Å²) in [5.41, 5.74) is 2.09. The van der Waals surface area contributed by atoms with Crippen molar-refractivity contribution in [1.29, 1.82) is 0 Å². The molecule has 2 saturated heterocycles. The lowest BCUT2D eigenvalue weighted by atomic mass is 9.87. The zero-order valence-corrected chi connectivity index (χ0v) is 15.9. The number of hydrazine groups is 1. The van der Waals surface area contributed by atoms with Crippen LogP contribution in [0.4, 0.5) is 4.79 Å². The van der Waals surface area contributed by atoms with Crippen molar-refractivity contribution in [1.82, 2.24) is 20.7 Å². The van der Waals surface area contributed by atoms with Crippen molar-refractivity contribution >= 4 is 17.8 Å². The van der Waals surface area contributed by atoms with Gasteiger partial charge in [-0.05, 0) is 37.9 Å². The van der Waals surface area contributed by atoms with E-state index in [1.54, 1.807) is 0 Å². The van der Waals surface area contributed by atoms with Crippen LogP contribution < -0.4 is 10.7 Å². The third kappa shape index (κ3) is 4.13. The van der Waals surface area contributed by atoms with Crippen molar-refractivity contribution in [3.8, 4) is 0 Å². The number of rotatable bonds is 5. The van der Waals surface area contributed by atoms with E-state index in [-0.39, 0.29) is 12.5 Å². The van der Waals surface area contributed by atoms with E-state index in [1.165, 1.54) is 19.3 Å². The SMILES string of the molecule is CC[C@]1(c2ccccc2)NC(=O)N(NC(=O)CN2CCCCCCC2)C1=O. The first-order chi connectivity index (χ1) is 13.1. The van der Waals surface area contributed by atoms with Crippen molar-refractivity contribution in [2.75, 3.05) is 19.6 Å². The average Bonchev–Trinajstić information content (AvgIpc) is 2.89. The van der Waals surface area contributed by atoms with Crippen LogP contribution in [0.25, 0.3) is 0 Å². The summed E-state index contributed by atoms with van der Waals surface area (Å²) in [6.45, 7) is 3.78. The van der Waals surface area contributed by atoms with Gasteiger partial charge in [0, 0.05) is 0 Å². The second kappa shape index (κ2) is 8.52. The number of imide groups is 1. The molecule has 27 heavy (non-hydrogen) atoms. The molecule has 3 rings (SSSR count). The van der Waals surface area contributed by atoms with E-state index in [0.717, 1.165) is 30.9 Å². The Bertz CT molecular complexity index is 686. The summed E-state index contributed by atoms with van der Waals surface area (Å²) < 4.78 is 0. The van der Waals surface area contributed by atoms with Crippen molar-refractivity contribution in [2.45, 2.75) is 51.0 Å². The molecule has 0 bridgehead atoms. The fraction of sp³-hybridized carbons (Fsp3) is 0.550. The molecule has 0 saturated carbocycles. The number of likely N-dealkylation sites (tertiary alicyclic amines) is 1. The van der Waals surface area contributed by atoms with E-state index in [1.807, 2.05) is 37.3 Å². The van der Waals surface area contributed by atoms with Gasteiger partial charge >= 0.3 is 6.03 Å². The van der Waals surface area contributed by atoms with Crippen LogP contribution >= 0.6 is 0 Å². The number of carbonyl (C=O) groups excluding carboxylic acids is 3. The molecule has 4 amide bonds. The Labute approximate surface area is 160 Å². The molecule has 2 fully saturated rings. The Hall–Kier alpha value is -2.41. The average molecular weight is 372 g/mol. The summed E-state index contributed by atoms with van der Waals surface area (Å²) in [5, 5.41) is 3.61. The monoisotopic (exact) mass is 372 g/mol. The predicted molar refractivity (Wildman–Crippen MR) is 101 cm³/mol. The molecular formula is C20H28N4O3. The third-order valence-corrected chi connectivity index (χ3v) is 5.44. The minimum Gasteiger partial charge on any atom is -0.318 e. The molecule has 0 radical (unpaired) electrons. The number of benzene rings is 1. The molecule has 2 N–H and O–H groups in total. The molecule has 2 aliphatic heterocycles. The van der Waals surface area contributed by atoms with Crippen LogP contribution in [0.15, 0.2) is 30.3 Å². The lowest BCUT2D eigenvalue weighted by Gasteiger charge is -2.26. The van der Waals surface area contributed by atoms with E-state index < -0.39 is 17.5 Å². The standard InChI is InChI=1S/C20H28N4O3/c1-2-20(16-11-7-6-8-12-16)18(26)24(19(27)21-20)22-17(25)15-23-13-9-4-3-5-10-14-23/h6-8,11-12H,2-5,9-10,13-15H2,1H3,(H,21,27)(H,22,25)/t20-/m1/s1. The van der Waals surface area contributed by atoms with Gasteiger partial charge in [0.25, 0.3) is 11.8 Å². The second-order valence-corrected chi connectivity index (χ2v) is 7.27. The van der Waals surface area contributed by atoms with Crippen LogP contribution in [-0.2, 0) is 15.1 Å². The van der Waals surface area contributed by atoms with E-state index in [2.05, 4.69) is 15.6 Å². The van der Waals surface area contributed by atoms with Crippen molar-refractivity contribution in [3.63, 3.8) is 0 Å². The van der Waals surface area contributed by atoms with Crippen LogP contribution in [0.2, 0.25) is 0 Å². The molecule has 146 valence electrons. The minimum atomic E-state index is -1.13. The van der Waals surface area contributed by atoms with E-state index in [4.69, 9.17) is 0 Å². The molecule has 0 aliphatic carbocycles. The summed E-state index contributed by atoms with van der Waals surface area (Å²) in [5.74, 6) is -0.777. The number of hydrogen-bond acceptors (Lipinski definition) is 4. The first-order valence-electron chi connectivity index (χ1n) is 9.81.